The maximum atomic E-state index is 5.37. The monoisotopic (exact) mass is 732 g/mol. The van der Waals surface area contributed by atoms with Crippen LogP contribution in [0.4, 0.5) is 5.69 Å². The summed E-state index contributed by atoms with van der Waals surface area (Å²) in [5.74, 6) is 1.40. The fraction of sp³-hybridized carbons (Fsp3) is 0.0943. The van der Waals surface area contributed by atoms with Crippen molar-refractivity contribution in [1.82, 2.24) is 14.5 Å². The van der Waals surface area contributed by atoms with Gasteiger partial charge in [-0.1, -0.05) is 170 Å². The van der Waals surface area contributed by atoms with Crippen molar-refractivity contribution in [2.75, 3.05) is 4.90 Å². The zero-order valence-electron chi connectivity index (χ0n) is 31.7. The van der Waals surface area contributed by atoms with Crippen LogP contribution in [0.2, 0.25) is 0 Å². The molecule has 1 aliphatic heterocycles. The van der Waals surface area contributed by atoms with E-state index < -0.39 is 0 Å². The number of anilines is 1. The Morgan fingerprint density at radius 2 is 1.04 bits per heavy atom. The molecule has 1 saturated heterocycles. The maximum absolute atomic E-state index is 5.37. The molecule has 2 aliphatic carbocycles. The first-order valence-corrected chi connectivity index (χ1v) is 19.9. The second-order valence-electron chi connectivity index (χ2n) is 15.6. The lowest BCUT2D eigenvalue weighted by atomic mass is 9.76. The Morgan fingerprint density at radius 3 is 1.75 bits per heavy atom. The van der Waals surface area contributed by atoms with Crippen LogP contribution in [0.25, 0.3) is 72.5 Å². The van der Waals surface area contributed by atoms with E-state index in [0.717, 1.165) is 39.5 Å². The molecule has 0 spiro atoms. The molecule has 0 radical (unpaired) electrons. The van der Waals surface area contributed by atoms with Gasteiger partial charge in [0.2, 0.25) is 0 Å². The average Bonchev–Trinajstić information content (AvgIpc) is 3.76. The third-order valence-corrected chi connectivity index (χ3v) is 12.3. The van der Waals surface area contributed by atoms with E-state index in [1.54, 1.807) is 0 Å². The van der Waals surface area contributed by atoms with Crippen LogP contribution in [0.5, 0.6) is 0 Å². The fourth-order valence-electron chi connectivity index (χ4n) is 9.61. The Kier molecular flexibility index (Phi) is 7.78. The number of fused-ring (bicyclic) bond motifs is 6. The number of benzene rings is 6. The summed E-state index contributed by atoms with van der Waals surface area (Å²) in [6, 6.07) is 56.6. The minimum Gasteiger partial charge on any atom is -0.355 e. The molecule has 0 amide bonds. The summed E-state index contributed by atoms with van der Waals surface area (Å²) in [4.78, 5) is 13.2. The van der Waals surface area contributed by atoms with Crippen LogP contribution in [0, 0.1) is 11.8 Å². The summed E-state index contributed by atoms with van der Waals surface area (Å²) in [6.45, 7) is 2.40. The summed E-state index contributed by atoms with van der Waals surface area (Å²) in [7, 11) is 0. The summed E-state index contributed by atoms with van der Waals surface area (Å²) in [5.41, 5.74) is 11.6. The van der Waals surface area contributed by atoms with Gasteiger partial charge >= 0.3 is 0 Å². The van der Waals surface area contributed by atoms with Crippen molar-refractivity contribution >= 4 is 27.5 Å². The topological polar surface area (TPSA) is 34.0 Å². The van der Waals surface area contributed by atoms with Gasteiger partial charge in [0.05, 0.1) is 34.0 Å². The predicted octanol–water partition coefficient (Wildman–Crippen LogP) is 12.7. The smallest absolute Gasteiger partial charge is 0.160 e. The van der Waals surface area contributed by atoms with E-state index >= 15 is 0 Å². The van der Waals surface area contributed by atoms with Gasteiger partial charge in [-0.25, -0.2) is 9.97 Å². The zero-order chi connectivity index (χ0) is 37.9. The Morgan fingerprint density at radius 1 is 0.474 bits per heavy atom. The highest BCUT2D eigenvalue weighted by Crippen LogP contribution is 2.51. The second-order valence-corrected chi connectivity index (χ2v) is 15.6. The van der Waals surface area contributed by atoms with Gasteiger partial charge in [-0.3, -0.25) is 0 Å². The van der Waals surface area contributed by atoms with Crippen molar-refractivity contribution in [2.45, 2.75) is 18.5 Å². The first-order valence-electron chi connectivity index (χ1n) is 19.9. The standard InChI is InChI=1S/C53H40N4/c1-53-31-15-14-23-46(53)45-22-10-13-26-51(45)57(53)42-33-40(32-41(34-42)56-49-24-11-8-20-43(49)44-21-9-12-25-50(44)56)48-35-47(54-52(55-48)39-18-6-3-7-19-39)38-29-27-37(28-30-38)36-16-4-2-5-17-36/h2-35,45-46,51H,1H3. The SMILES string of the molecule is CC12C=CC=CC1C1C=CC=CC1N2c1cc(-c2cc(-c3ccc(-c4ccccc4)cc3)nc(-c3ccccc3)n2)cc(-n2c3ccccc3c3ccccc32)c1. The van der Waals surface area contributed by atoms with Crippen molar-refractivity contribution in [3.63, 3.8) is 0 Å². The molecule has 2 aromatic heterocycles. The van der Waals surface area contributed by atoms with Crippen LogP contribution in [-0.4, -0.2) is 26.1 Å². The number of hydrogen-bond donors (Lipinski definition) is 0. The average molecular weight is 733 g/mol. The van der Waals surface area contributed by atoms with Crippen molar-refractivity contribution in [3.05, 3.63) is 206 Å². The molecule has 3 heterocycles. The van der Waals surface area contributed by atoms with Crippen LogP contribution >= 0.6 is 0 Å². The van der Waals surface area contributed by atoms with E-state index in [9.17, 15) is 0 Å². The van der Waals surface area contributed by atoms with E-state index in [-0.39, 0.29) is 11.6 Å². The van der Waals surface area contributed by atoms with Crippen molar-refractivity contribution < 1.29 is 0 Å². The number of aromatic nitrogens is 3. The molecule has 4 nitrogen and oxygen atoms in total. The third kappa shape index (κ3) is 5.51. The second kappa shape index (κ2) is 13.3. The van der Waals surface area contributed by atoms with Gasteiger partial charge < -0.3 is 9.47 Å². The van der Waals surface area contributed by atoms with Gasteiger partial charge in [-0.2, -0.15) is 0 Å². The Hall–Kier alpha value is -7.04. The highest BCUT2D eigenvalue weighted by molar-refractivity contribution is 6.09. The Bertz CT molecular complexity index is 2880. The lowest BCUT2D eigenvalue weighted by Crippen LogP contribution is -2.46. The summed E-state index contributed by atoms with van der Waals surface area (Å²) in [5, 5.41) is 2.48. The molecular formula is C53H40N4. The van der Waals surface area contributed by atoms with Gasteiger partial charge in [0.25, 0.3) is 0 Å². The first-order chi connectivity index (χ1) is 28.1. The molecular weight excluding hydrogens is 693 g/mol. The van der Waals surface area contributed by atoms with Crippen molar-refractivity contribution in [2.24, 2.45) is 11.8 Å². The van der Waals surface area contributed by atoms with Crippen LogP contribution in [0.15, 0.2) is 206 Å². The van der Waals surface area contributed by atoms with Crippen LogP contribution < -0.4 is 4.90 Å². The Labute approximate surface area is 333 Å². The molecule has 0 saturated carbocycles. The lowest BCUT2D eigenvalue weighted by Gasteiger charge is -2.41. The Balaban J connectivity index is 1.15. The number of para-hydroxylation sites is 2. The van der Waals surface area contributed by atoms with E-state index in [2.05, 4.69) is 217 Å². The highest BCUT2D eigenvalue weighted by Gasteiger charge is 2.53. The van der Waals surface area contributed by atoms with Crippen molar-refractivity contribution in [1.29, 1.82) is 0 Å². The van der Waals surface area contributed by atoms with Gasteiger partial charge in [0.15, 0.2) is 5.82 Å². The number of allylic oxidation sites excluding steroid dienone is 4. The van der Waals surface area contributed by atoms with E-state index in [4.69, 9.17) is 9.97 Å². The molecule has 1 fully saturated rings. The first kappa shape index (κ1) is 33.3. The minimum absolute atomic E-state index is 0.197. The molecule has 4 unspecified atom stereocenters. The molecule has 4 heteroatoms. The van der Waals surface area contributed by atoms with Crippen LogP contribution in [0.3, 0.4) is 0 Å². The largest absolute Gasteiger partial charge is 0.355 e. The van der Waals surface area contributed by atoms with Crippen LogP contribution in [0.1, 0.15) is 6.92 Å². The number of nitrogens with zero attached hydrogens (tertiary/aromatic N) is 4. The van der Waals surface area contributed by atoms with E-state index in [0.29, 0.717) is 17.7 Å². The molecule has 4 atom stereocenters. The molecule has 0 N–H and O–H groups in total. The van der Waals surface area contributed by atoms with Gasteiger partial charge in [0, 0.05) is 50.7 Å². The summed E-state index contributed by atoms with van der Waals surface area (Å²) < 4.78 is 2.43. The number of rotatable bonds is 6. The molecule has 8 aromatic rings. The molecule has 57 heavy (non-hydrogen) atoms. The number of hydrogen-bond acceptors (Lipinski definition) is 3. The van der Waals surface area contributed by atoms with E-state index in [1.807, 2.05) is 6.07 Å². The molecule has 11 rings (SSSR count). The van der Waals surface area contributed by atoms with Gasteiger partial charge in [-0.15, -0.1) is 0 Å². The van der Waals surface area contributed by atoms with E-state index in [1.165, 1.54) is 32.9 Å². The molecule has 6 aromatic carbocycles. The predicted molar refractivity (Wildman–Crippen MR) is 236 cm³/mol. The summed E-state index contributed by atoms with van der Waals surface area (Å²) >= 11 is 0. The van der Waals surface area contributed by atoms with Crippen LogP contribution in [-0.2, 0) is 0 Å². The van der Waals surface area contributed by atoms with Crippen molar-refractivity contribution in [3.8, 4) is 50.7 Å². The quantitative estimate of drug-likeness (QED) is 0.171. The zero-order valence-corrected chi connectivity index (χ0v) is 31.7. The van der Waals surface area contributed by atoms with Gasteiger partial charge in [-0.05, 0) is 54.4 Å². The maximum Gasteiger partial charge on any atom is 0.160 e. The van der Waals surface area contributed by atoms with Gasteiger partial charge in [0.1, 0.15) is 0 Å². The minimum atomic E-state index is -0.230. The molecule has 0 bridgehead atoms. The molecule has 272 valence electrons. The normalized spacial score (nSPS) is 20.6. The summed E-state index contributed by atoms with van der Waals surface area (Å²) in [6.07, 6.45) is 18.5. The lowest BCUT2D eigenvalue weighted by molar-refractivity contribution is 0.435. The third-order valence-electron chi connectivity index (χ3n) is 12.3. The fourth-order valence-corrected chi connectivity index (χ4v) is 9.61. The highest BCUT2D eigenvalue weighted by atomic mass is 15.3. The molecule has 3 aliphatic rings.